The first-order valence-corrected chi connectivity index (χ1v) is 3.64. The van der Waals surface area contributed by atoms with E-state index < -0.39 is 6.36 Å². The number of hydrogen-bond acceptors (Lipinski definition) is 2. The van der Waals surface area contributed by atoms with Gasteiger partial charge in [0.25, 0.3) is 0 Å². The minimum absolute atomic E-state index is 0.0285. The van der Waals surface area contributed by atoms with Crippen LogP contribution < -0.4 is 4.74 Å². The molecule has 6 heteroatoms. The largest absolute Gasteiger partial charge is 0.573 e. The van der Waals surface area contributed by atoms with Crippen molar-refractivity contribution in [2.75, 3.05) is 0 Å². The van der Waals surface area contributed by atoms with Gasteiger partial charge in [0.1, 0.15) is 10.9 Å². The van der Waals surface area contributed by atoms with E-state index in [2.05, 4.69) is 9.72 Å². The van der Waals surface area contributed by atoms with E-state index in [9.17, 15) is 13.2 Å². The van der Waals surface area contributed by atoms with Gasteiger partial charge in [-0.25, -0.2) is 4.98 Å². The Hall–Kier alpha value is -0.970. The fourth-order valence-corrected chi connectivity index (χ4v) is 1.03. The molecule has 1 aromatic rings. The van der Waals surface area contributed by atoms with Crippen LogP contribution in [0.4, 0.5) is 13.2 Å². The molecule has 0 aliphatic rings. The first-order valence-electron chi connectivity index (χ1n) is 3.27. The van der Waals surface area contributed by atoms with Crippen LogP contribution in [-0.4, -0.2) is 11.3 Å². The average molecular weight is 212 g/mol. The number of hydrogen-bond donors (Lipinski definition) is 0. The zero-order valence-electron chi connectivity index (χ0n) is 6.52. The number of alkyl halides is 3. The first kappa shape index (κ1) is 10.1. The first-order chi connectivity index (χ1) is 5.87. The Kier molecular flexibility index (Phi) is 2.66. The normalized spacial score (nSPS) is 11.5. The number of nitrogens with zero attached hydrogens (tertiary/aromatic N) is 1. The van der Waals surface area contributed by atoms with E-state index in [1.807, 2.05) is 0 Å². The van der Waals surface area contributed by atoms with Crippen molar-refractivity contribution in [2.24, 2.45) is 0 Å². The van der Waals surface area contributed by atoms with Crippen molar-refractivity contribution >= 4 is 11.6 Å². The van der Waals surface area contributed by atoms with Gasteiger partial charge in [0, 0.05) is 17.8 Å². The minimum Gasteiger partial charge on any atom is -0.406 e. The molecule has 0 aromatic carbocycles. The van der Waals surface area contributed by atoms with E-state index in [4.69, 9.17) is 11.6 Å². The zero-order chi connectivity index (χ0) is 10.1. The van der Waals surface area contributed by atoms with Crippen molar-refractivity contribution < 1.29 is 17.9 Å². The highest BCUT2D eigenvalue weighted by atomic mass is 35.5. The number of halogens is 4. The Balaban J connectivity index is 2.90. The van der Waals surface area contributed by atoms with E-state index in [-0.39, 0.29) is 10.9 Å². The molecule has 0 amide bonds. The summed E-state index contributed by atoms with van der Waals surface area (Å²) < 4.78 is 38.8. The van der Waals surface area contributed by atoms with Crippen LogP contribution in [0.2, 0.25) is 5.15 Å². The van der Waals surface area contributed by atoms with Crippen molar-refractivity contribution in [3.63, 3.8) is 0 Å². The molecule has 0 spiro atoms. The Labute approximate surface area is 77.3 Å². The summed E-state index contributed by atoms with van der Waals surface area (Å²) in [6, 6.07) is 2.15. The molecule has 1 heterocycles. The Morgan fingerprint density at radius 2 is 2.00 bits per heavy atom. The predicted octanol–water partition coefficient (Wildman–Crippen LogP) is 2.94. The van der Waals surface area contributed by atoms with Crippen LogP contribution in [-0.2, 0) is 0 Å². The second kappa shape index (κ2) is 3.41. The van der Waals surface area contributed by atoms with Gasteiger partial charge in [-0.2, -0.15) is 0 Å². The Bertz CT molecular complexity index is 293. The lowest BCUT2D eigenvalue weighted by Gasteiger charge is -2.08. The third kappa shape index (κ3) is 3.50. The van der Waals surface area contributed by atoms with Gasteiger partial charge in [0.05, 0.1) is 0 Å². The summed E-state index contributed by atoms with van der Waals surface area (Å²) in [4.78, 5) is 3.68. The molecule has 0 saturated carbocycles. The summed E-state index contributed by atoms with van der Waals surface area (Å²) in [6.45, 7) is 1.52. The highest BCUT2D eigenvalue weighted by Gasteiger charge is 2.31. The summed E-state index contributed by atoms with van der Waals surface area (Å²) in [6.07, 6.45) is -4.70. The number of aromatic nitrogens is 1. The molecule has 2 nitrogen and oxygen atoms in total. The Morgan fingerprint density at radius 1 is 1.38 bits per heavy atom. The van der Waals surface area contributed by atoms with Gasteiger partial charge in [-0.3, -0.25) is 0 Å². The molecule has 0 fully saturated rings. The van der Waals surface area contributed by atoms with Crippen LogP contribution in [0.1, 0.15) is 5.69 Å². The monoisotopic (exact) mass is 211 g/mol. The second-order valence-corrected chi connectivity index (χ2v) is 2.70. The quantitative estimate of drug-likeness (QED) is 0.667. The average Bonchev–Trinajstić information content (AvgIpc) is 1.78. The van der Waals surface area contributed by atoms with Crippen molar-refractivity contribution in [3.05, 3.63) is 23.0 Å². The molecule has 0 saturated heterocycles. The molecule has 1 aromatic heterocycles. The van der Waals surface area contributed by atoms with Crippen molar-refractivity contribution in [2.45, 2.75) is 13.3 Å². The van der Waals surface area contributed by atoms with Gasteiger partial charge < -0.3 is 4.74 Å². The molecule has 0 N–H and O–H groups in total. The summed E-state index contributed by atoms with van der Waals surface area (Å²) in [7, 11) is 0. The molecule has 0 radical (unpaired) electrons. The van der Waals surface area contributed by atoms with Crippen LogP contribution in [0, 0.1) is 6.92 Å². The zero-order valence-corrected chi connectivity index (χ0v) is 7.28. The second-order valence-electron chi connectivity index (χ2n) is 2.31. The van der Waals surface area contributed by atoms with Crippen molar-refractivity contribution in [3.8, 4) is 5.75 Å². The van der Waals surface area contributed by atoms with E-state index in [1.54, 1.807) is 0 Å². The third-order valence-electron chi connectivity index (χ3n) is 1.13. The fraction of sp³-hybridized carbons (Fsp3) is 0.286. The van der Waals surface area contributed by atoms with Gasteiger partial charge >= 0.3 is 6.36 Å². The van der Waals surface area contributed by atoms with E-state index >= 15 is 0 Å². The van der Waals surface area contributed by atoms with E-state index in [0.717, 1.165) is 12.1 Å². The lowest BCUT2D eigenvalue weighted by atomic mass is 10.4. The molecular weight excluding hydrogens is 207 g/mol. The highest BCUT2D eigenvalue weighted by Crippen LogP contribution is 2.24. The minimum atomic E-state index is -4.70. The van der Waals surface area contributed by atoms with Gasteiger partial charge in [0.15, 0.2) is 0 Å². The van der Waals surface area contributed by atoms with E-state index in [0.29, 0.717) is 5.69 Å². The van der Waals surface area contributed by atoms with Crippen LogP contribution in [0.25, 0.3) is 0 Å². The smallest absolute Gasteiger partial charge is 0.406 e. The number of ether oxygens (including phenoxy) is 1. The molecule has 0 atom stereocenters. The molecule has 1 rings (SSSR count). The lowest BCUT2D eigenvalue weighted by molar-refractivity contribution is -0.274. The molecular formula is C7H5ClF3NO. The number of rotatable bonds is 1. The number of pyridine rings is 1. The molecule has 13 heavy (non-hydrogen) atoms. The summed E-state index contributed by atoms with van der Waals surface area (Å²) in [5.41, 5.74) is 0.367. The molecule has 0 aliphatic carbocycles. The summed E-state index contributed by atoms with van der Waals surface area (Å²) >= 11 is 5.42. The van der Waals surface area contributed by atoms with Crippen LogP contribution >= 0.6 is 11.6 Å². The van der Waals surface area contributed by atoms with Crippen LogP contribution in [0.5, 0.6) is 5.75 Å². The predicted molar refractivity (Wildman–Crippen MR) is 40.7 cm³/mol. The van der Waals surface area contributed by atoms with Crippen LogP contribution in [0.15, 0.2) is 12.1 Å². The van der Waals surface area contributed by atoms with E-state index in [1.165, 1.54) is 6.92 Å². The summed E-state index contributed by atoms with van der Waals surface area (Å²) in [5.74, 6) is -0.356. The maximum atomic E-state index is 11.7. The van der Waals surface area contributed by atoms with Gasteiger partial charge in [-0.05, 0) is 6.92 Å². The highest BCUT2D eigenvalue weighted by molar-refractivity contribution is 6.29. The lowest BCUT2D eigenvalue weighted by Crippen LogP contribution is -2.17. The number of aryl methyl sites for hydroxylation is 1. The van der Waals surface area contributed by atoms with Crippen LogP contribution in [0.3, 0.4) is 0 Å². The van der Waals surface area contributed by atoms with Gasteiger partial charge in [-0.15, -0.1) is 13.2 Å². The Morgan fingerprint density at radius 3 is 2.46 bits per heavy atom. The molecule has 0 unspecified atom stereocenters. The van der Waals surface area contributed by atoms with Crippen molar-refractivity contribution in [1.82, 2.24) is 4.98 Å². The van der Waals surface area contributed by atoms with Gasteiger partial charge in [-0.1, -0.05) is 11.6 Å². The molecule has 0 bridgehead atoms. The molecule has 0 aliphatic heterocycles. The fourth-order valence-electron chi connectivity index (χ4n) is 0.791. The van der Waals surface area contributed by atoms with Crippen molar-refractivity contribution in [1.29, 1.82) is 0 Å². The maximum Gasteiger partial charge on any atom is 0.573 e. The van der Waals surface area contributed by atoms with Gasteiger partial charge in [0.2, 0.25) is 0 Å². The standard InChI is InChI=1S/C7H5ClF3NO/c1-4-2-5(3-6(8)12-4)13-7(9,10)11/h2-3H,1H3. The molecule has 72 valence electrons. The summed E-state index contributed by atoms with van der Waals surface area (Å²) in [5, 5.41) is -0.0285. The topological polar surface area (TPSA) is 22.1 Å². The maximum absolute atomic E-state index is 11.7. The third-order valence-corrected chi connectivity index (χ3v) is 1.32. The SMILES string of the molecule is Cc1cc(OC(F)(F)F)cc(Cl)n1.